The molecule has 1 N–H and O–H groups in total. The lowest BCUT2D eigenvalue weighted by atomic mass is 10.2. The number of aromatic nitrogens is 2. The van der Waals surface area contributed by atoms with Crippen molar-refractivity contribution in [1.82, 2.24) is 10.2 Å². The number of nitrogens with zero attached hydrogens (tertiary/aromatic N) is 2. The van der Waals surface area contributed by atoms with Crippen LogP contribution in [0, 0.1) is 10.5 Å². The van der Waals surface area contributed by atoms with Crippen LogP contribution in [0.3, 0.4) is 0 Å². The van der Waals surface area contributed by atoms with Crippen LogP contribution < -0.4 is 10.1 Å². The topological polar surface area (TPSA) is 77.2 Å². The lowest BCUT2D eigenvalue weighted by molar-refractivity contribution is -0.113. The second-order valence-electron chi connectivity index (χ2n) is 5.33. The van der Waals surface area contributed by atoms with Gasteiger partial charge >= 0.3 is 0 Å². The fourth-order valence-electron chi connectivity index (χ4n) is 2.09. The number of amides is 1. The van der Waals surface area contributed by atoms with Gasteiger partial charge in [0.15, 0.2) is 6.61 Å². The number of hydrogen-bond donors (Lipinski definition) is 1. The second-order valence-corrected chi connectivity index (χ2v) is 7.42. The summed E-state index contributed by atoms with van der Waals surface area (Å²) >= 11 is 3.37. The number of ether oxygens (including phenoxy) is 1. The van der Waals surface area contributed by atoms with E-state index in [9.17, 15) is 4.79 Å². The minimum absolute atomic E-state index is 0.130. The second kappa shape index (κ2) is 9.04. The van der Waals surface area contributed by atoms with E-state index < -0.39 is 0 Å². The first-order chi connectivity index (χ1) is 12.6. The minimum atomic E-state index is -0.130. The zero-order valence-electron chi connectivity index (χ0n) is 13.9. The van der Waals surface area contributed by atoms with Crippen LogP contribution in [0.25, 0.3) is 0 Å². The highest BCUT2D eigenvalue weighted by molar-refractivity contribution is 14.1. The number of para-hydroxylation sites is 2. The summed E-state index contributed by atoms with van der Waals surface area (Å²) in [5.74, 6) is 1.20. The van der Waals surface area contributed by atoms with E-state index in [-0.39, 0.29) is 18.3 Å². The van der Waals surface area contributed by atoms with Crippen LogP contribution in [0.1, 0.15) is 11.5 Å². The Morgan fingerprint density at radius 3 is 2.77 bits per heavy atom. The molecule has 0 fully saturated rings. The van der Waals surface area contributed by atoms with Gasteiger partial charge in [-0.25, -0.2) is 0 Å². The van der Waals surface area contributed by atoms with Crippen LogP contribution in [0.2, 0.25) is 0 Å². The first-order valence-electron chi connectivity index (χ1n) is 7.80. The molecule has 3 rings (SSSR count). The Bertz CT molecular complexity index is 901. The summed E-state index contributed by atoms with van der Waals surface area (Å²) < 4.78 is 12.2. The molecular weight excluding hydrogens is 465 g/mol. The number of aryl methyl sites for hydroxylation is 1. The molecule has 8 heteroatoms. The predicted octanol–water partition coefficient (Wildman–Crippen LogP) is 4.29. The molecule has 0 radical (unpaired) electrons. The Morgan fingerprint density at radius 1 is 1.19 bits per heavy atom. The van der Waals surface area contributed by atoms with Crippen molar-refractivity contribution in [1.29, 1.82) is 0 Å². The summed E-state index contributed by atoms with van der Waals surface area (Å²) in [6.07, 6.45) is 0. The molecule has 0 aliphatic heterocycles. The van der Waals surface area contributed by atoms with E-state index in [1.165, 1.54) is 11.8 Å². The maximum Gasteiger partial charge on any atom is 0.277 e. The Labute approximate surface area is 168 Å². The van der Waals surface area contributed by atoms with Crippen molar-refractivity contribution < 1.29 is 13.9 Å². The van der Waals surface area contributed by atoms with Gasteiger partial charge < -0.3 is 14.5 Å². The van der Waals surface area contributed by atoms with Crippen molar-refractivity contribution in [3.05, 3.63) is 63.6 Å². The molecule has 1 aromatic heterocycles. The molecule has 0 spiro atoms. The molecule has 0 aliphatic rings. The van der Waals surface area contributed by atoms with E-state index in [1.807, 2.05) is 55.5 Å². The summed E-state index contributed by atoms with van der Waals surface area (Å²) in [7, 11) is 0. The highest BCUT2D eigenvalue weighted by atomic mass is 127. The molecule has 3 aromatic rings. The molecule has 0 saturated carbocycles. The van der Waals surface area contributed by atoms with Crippen molar-refractivity contribution in [2.45, 2.75) is 18.8 Å². The molecule has 0 saturated heterocycles. The Hall–Kier alpha value is -2.07. The molecule has 0 unspecified atom stereocenters. The average molecular weight is 481 g/mol. The van der Waals surface area contributed by atoms with Crippen molar-refractivity contribution in [2.24, 2.45) is 0 Å². The number of thioether (sulfide) groups is 1. The van der Waals surface area contributed by atoms with Gasteiger partial charge in [0.25, 0.3) is 11.1 Å². The quantitative estimate of drug-likeness (QED) is 0.401. The molecule has 0 aliphatic carbocycles. The van der Waals surface area contributed by atoms with Crippen molar-refractivity contribution >= 4 is 45.9 Å². The zero-order chi connectivity index (χ0) is 18.4. The van der Waals surface area contributed by atoms with E-state index in [2.05, 4.69) is 38.1 Å². The van der Waals surface area contributed by atoms with Gasteiger partial charge in [0.05, 0.1) is 11.4 Å². The predicted molar refractivity (Wildman–Crippen MR) is 108 cm³/mol. The fourth-order valence-corrected chi connectivity index (χ4v) is 3.19. The summed E-state index contributed by atoms with van der Waals surface area (Å²) in [5, 5.41) is 11.1. The van der Waals surface area contributed by atoms with Crippen LogP contribution in [-0.4, -0.2) is 21.9 Å². The van der Waals surface area contributed by atoms with E-state index in [4.69, 9.17) is 9.15 Å². The third kappa shape index (κ3) is 5.21. The van der Waals surface area contributed by atoms with Crippen LogP contribution in [0.15, 0.2) is 58.2 Å². The van der Waals surface area contributed by atoms with E-state index in [0.29, 0.717) is 11.1 Å². The molecule has 0 atom stereocenters. The maximum atomic E-state index is 12.0. The van der Waals surface area contributed by atoms with Gasteiger partial charge in [-0.3, -0.25) is 4.79 Å². The standard InChI is InChI=1S/C18H16IN3O3S/c1-12-6-2-5-9-15(12)24-10-17-21-22-18(25-17)26-11-16(23)20-14-8-4-3-7-13(14)19/h2-9H,10-11H2,1H3,(H,20,23). The Balaban J connectivity index is 1.48. The van der Waals surface area contributed by atoms with Gasteiger partial charge in [-0.2, -0.15) is 0 Å². The van der Waals surface area contributed by atoms with E-state index >= 15 is 0 Å². The third-order valence-electron chi connectivity index (χ3n) is 3.37. The van der Waals surface area contributed by atoms with Crippen molar-refractivity contribution in [3.63, 3.8) is 0 Å². The summed E-state index contributed by atoms with van der Waals surface area (Å²) in [5.41, 5.74) is 1.82. The SMILES string of the molecule is Cc1ccccc1OCc1nnc(SCC(=O)Nc2ccccc2I)o1. The monoisotopic (exact) mass is 481 g/mol. The smallest absolute Gasteiger partial charge is 0.277 e. The molecule has 6 nitrogen and oxygen atoms in total. The third-order valence-corrected chi connectivity index (χ3v) is 5.13. The first-order valence-corrected chi connectivity index (χ1v) is 9.86. The number of carbonyl (C=O) groups excluding carboxylic acids is 1. The van der Waals surface area contributed by atoms with Crippen LogP contribution in [0.5, 0.6) is 5.75 Å². The summed E-state index contributed by atoms with van der Waals surface area (Å²) in [4.78, 5) is 12.0. The summed E-state index contributed by atoms with van der Waals surface area (Å²) in [6.45, 7) is 2.16. The minimum Gasteiger partial charge on any atom is -0.484 e. The van der Waals surface area contributed by atoms with Gasteiger partial charge in [-0.05, 0) is 53.3 Å². The molecule has 26 heavy (non-hydrogen) atoms. The first kappa shape index (κ1) is 18.7. The number of carbonyl (C=O) groups is 1. The number of rotatable bonds is 7. The van der Waals surface area contributed by atoms with Crippen LogP contribution in [-0.2, 0) is 11.4 Å². The van der Waals surface area contributed by atoms with Gasteiger partial charge in [-0.1, -0.05) is 42.1 Å². The van der Waals surface area contributed by atoms with Crippen molar-refractivity contribution in [2.75, 3.05) is 11.1 Å². The van der Waals surface area contributed by atoms with Crippen LogP contribution >= 0.6 is 34.4 Å². The molecule has 0 bridgehead atoms. The normalized spacial score (nSPS) is 10.5. The molecule has 1 amide bonds. The highest BCUT2D eigenvalue weighted by Gasteiger charge is 2.11. The highest BCUT2D eigenvalue weighted by Crippen LogP contribution is 2.21. The Kier molecular flexibility index (Phi) is 6.51. The lowest BCUT2D eigenvalue weighted by Crippen LogP contribution is -2.14. The van der Waals surface area contributed by atoms with Gasteiger partial charge in [0.2, 0.25) is 5.91 Å². The number of hydrogen-bond acceptors (Lipinski definition) is 6. The van der Waals surface area contributed by atoms with Gasteiger partial charge in [-0.15, -0.1) is 10.2 Å². The molecular formula is C18H16IN3O3S. The van der Waals surface area contributed by atoms with E-state index in [1.54, 1.807) is 0 Å². The molecule has 2 aromatic carbocycles. The average Bonchev–Trinajstić information content (AvgIpc) is 3.09. The van der Waals surface area contributed by atoms with Gasteiger partial charge in [0.1, 0.15) is 5.75 Å². The number of benzene rings is 2. The molecule has 1 heterocycles. The van der Waals surface area contributed by atoms with E-state index in [0.717, 1.165) is 20.6 Å². The number of halogens is 1. The number of anilines is 1. The van der Waals surface area contributed by atoms with Crippen LogP contribution in [0.4, 0.5) is 5.69 Å². The molecule has 134 valence electrons. The number of nitrogens with one attached hydrogen (secondary N) is 1. The zero-order valence-corrected chi connectivity index (χ0v) is 16.9. The maximum absolute atomic E-state index is 12.0. The lowest BCUT2D eigenvalue weighted by Gasteiger charge is -2.06. The Morgan fingerprint density at radius 2 is 1.96 bits per heavy atom. The van der Waals surface area contributed by atoms with Gasteiger partial charge in [0, 0.05) is 3.57 Å². The largest absolute Gasteiger partial charge is 0.484 e. The summed E-state index contributed by atoms with van der Waals surface area (Å²) in [6, 6.07) is 15.3. The van der Waals surface area contributed by atoms with Crippen molar-refractivity contribution in [3.8, 4) is 5.75 Å². The fraction of sp³-hybridized carbons (Fsp3) is 0.167.